The van der Waals surface area contributed by atoms with E-state index in [2.05, 4.69) is 33.5 Å². The third kappa shape index (κ3) is 13.3. The van der Waals surface area contributed by atoms with Gasteiger partial charge in [-0.05, 0) is 43.9 Å². The summed E-state index contributed by atoms with van der Waals surface area (Å²) >= 11 is 0. The van der Waals surface area contributed by atoms with Crippen LogP contribution in [0, 0.1) is 0 Å². The van der Waals surface area contributed by atoms with Gasteiger partial charge in [0.25, 0.3) is 0 Å². The fourth-order valence-corrected chi connectivity index (χ4v) is 4.55. The van der Waals surface area contributed by atoms with Crippen LogP contribution in [-0.2, 0) is 16.1 Å². The smallest absolute Gasteiger partial charge is 0.237 e. The van der Waals surface area contributed by atoms with Crippen LogP contribution >= 0.6 is 12.4 Å². The van der Waals surface area contributed by atoms with E-state index in [1.165, 1.54) is 57.8 Å². The zero-order valence-corrected chi connectivity index (χ0v) is 22.1. The van der Waals surface area contributed by atoms with Gasteiger partial charge in [0.15, 0.2) is 0 Å². The highest BCUT2D eigenvalue weighted by atomic mass is 35.5. The summed E-state index contributed by atoms with van der Waals surface area (Å²) in [4.78, 5) is 31.0. The van der Waals surface area contributed by atoms with Crippen molar-refractivity contribution in [2.24, 2.45) is 0 Å². The Balaban J connectivity index is 0.00000578. The number of likely N-dealkylation sites (tertiary alicyclic amines) is 1. The number of nitrogens with zero attached hydrogens (tertiary/aromatic N) is 2. The number of aromatic nitrogens is 1. The molecule has 1 saturated heterocycles. The second-order valence-electron chi connectivity index (χ2n) is 9.42. The SMILES string of the molecule is CCCCCCCCCCCCNC(=O)CCCNC(=O)C1CCCN1Cc1cccnc1.Cl. The van der Waals surface area contributed by atoms with Crippen LogP contribution in [0.5, 0.6) is 0 Å². The topological polar surface area (TPSA) is 74.3 Å². The summed E-state index contributed by atoms with van der Waals surface area (Å²) in [7, 11) is 0. The molecule has 0 radical (unpaired) electrons. The van der Waals surface area contributed by atoms with E-state index in [0.717, 1.165) is 44.5 Å². The summed E-state index contributed by atoms with van der Waals surface area (Å²) in [5, 5.41) is 6.05. The summed E-state index contributed by atoms with van der Waals surface area (Å²) in [5.41, 5.74) is 1.14. The number of hydrogen-bond donors (Lipinski definition) is 2. The Bertz CT molecular complexity index is 659. The van der Waals surface area contributed by atoms with E-state index in [1.807, 2.05) is 12.3 Å². The van der Waals surface area contributed by atoms with E-state index in [9.17, 15) is 9.59 Å². The first-order valence-corrected chi connectivity index (χ1v) is 13.4. The molecule has 0 bridgehead atoms. The number of pyridine rings is 1. The maximum absolute atomic E-state index is 12.6. The molecule has 7 heteroatoms. The van der Waals surface area contributed by atoms with E-state index >= 15 is 0 Å². The summed E-state index contributed by atoms with van der Waals surface area (Å²) in [6.07, 6.45) is 19.8. The number of hydrogen-bond acceptors (Lipinski definition) is 4. The van der Waals surface area contributed by atoms with Crippen LogP contribution in [0.4, 0.5) is 0 Å². The zero-order valence-electron chi connectivity index (χ0n) is 21.2. The minimum atomic E-state index is -0.0737. The van der Waals surface area contributed by atoms with Gasteiger partial charge in [0.1, 0.15) is 0 Å². The van der Waals surface area contributed by atoms with Crippen LogP contribution < -0.4 is 10.6 Å². The molecule has 0 aromatic carbocycles. The van der Waals surface area contributed by atoms with Crippen LogP contribution in [-0.4, -0.2) is 47.4 Å². The molecule has 1 unspecified atom stereocenters. The fraction of sp³-hybridized carbons (Fsp3) is 0.741. The van der Waals surface area contributed by atoms with Crippen molar-refractivity contribution in [3.63, 3.8) is 0 Å². The van der Waals surface area contributed by atoms with Gasteiger partial charge in [0.2, 0.25) is 11.8 Å². The molecule has 34 heavy (non-hydrogen) atoms. The largest absolute Gasteiger partial charge is 0.356 e. The minimum Gasteiger partial charge on any atom is -0.356 e. The Morgan fingerprint density at radius 3 is 2.32 bits per heavy atom. The summed E-state index contributed by atoms with van der Waals surface area (Å²) < 4.78 is 0. The predicted molar refractivity (Wildman–Crippen MR) is 142 cm³/mol. The number of rotatable bonds is 18. The lowest BCUT2D eigenvalue weighted by Crippen LogP contribution is -2.43. The van der Waals surface area contributed by atoms with Crippen LogP contribution in [0.15, 0.2) is 24.5 Å². The van der Waals surface area contributed by atoms with Crippen molar-refractivity contribution in [1.82, 2.24) is 20.5 Å². The maximum Gasteiger partial charge on any atom is 0.237 e. The second kappa shape index (κ2) is 19.6. The number of unbranched alkanes of at least 4 members (excludes halogenated alkanes) is 9. The average molecular weight is 495 g/mol. The summed E-state index contributed by atoms with van der Waals surface area (Å²) in [5.74, 6) is 0.182. The molecule has 1 aliphatic rings. The fourth-order valence-electron chi connectivity index (χ4n) is 4.55. The third-order valence-electron chi connectivity index (χ3n) is 6.51. The van der Waals surface area contributed by atoms with E-state index in [4.69, 9.17) is 0 Å². The molecule has 1 aromatic heterocycles. The number of amides is 2. The normalized spacial score (nSPS) is 15.6. The van der Waals surface area contributed by atoms with Gasteiger partial charge in [-0.1, -0.05) is 70.8 Å². The molecule has 6 nitrogen and oxygen atoms in total. The lowest BCUT2D eigenvalue weighted by molar-refractivity contribution is -0.126. The number of carbonyl (C=O) groups is 2. The van der Waals surface area contributed by atoms with Gasteiger partial charge in [-0.25, -0.2) is 0 Å². The van der Waals surface area contributed by atoms with Gasteiger partial charge in [0.05, 0.1) is 6.04 Å². The van der Waals surface area contributed by atoms with Crippen molar-refractivity contribution < 1.29 is 9.59 Å². The molecule has 2 N–H and O–H groups in total. The van der Waals surface area contributed by atoms with Gasteiger partial charge in [-0.2, -0.15) is 0 Å². The van der Waals surface area contributed by atoms with Gasteiger partial charge in [0, 0.05) is 38.4 Å². The van der Waals surface area contributed by atoms with Crippen molar-refractivity contribution in [3.8, 4) is 0 Å². The number of halogens is 1. The molecule has 0 saturated carbocycles. The lowest BCUT2D eigenvalue weighted by Gasteiger charge is -2.23. The van der Waals surface area contributed by atoms with Crippen molar-refractivity contribution in [2.45, 2.75) is 109 Å². The predicted octanol–water partition coefficient (Wildman–Crippen LogP) is 5.40. The first-order valence-electron chi connectivity index (χ1n) is 13.4. The third-order valence-corrected chi connectivity index (χ3v) is 6.51. The van der Waals surface area contributed by atoms with Crippen molar-refractivity contribution in [3.05, 3.63) is 30.1 Å². The van der Waals surface area contributed by atoms with E-state index in [1.54, 1.807) is 6.20 Å². The minimum absolute atomic E-state index is 0. The molecule has 1 fully saturated rings. The molecule has 2 amide bonds. The molecule has 1 aromatic rings. The molecule has 194 valence electrons. The highest BCUT2D eigenvalue weighted by Gasteiger charge is 2.30. The first-order chi connectivity index (χ1) is 16.2. The maximum atomic E-state index is 12.6. The molecular formula is C27H47ClN4O2. The van der Waals surface area contributed by atoms with E-state index < -0.39 is 0 Å². The molecule has 0 aliphatic carbocycles. The Hall–Kier alpha value is -1.66. The quantitative estimate of drug-likeness (QED) is 0.268. The van der Waals surface area contributed by atoms with Crippen LogP contribution in [0.3, 0.4) is 0 Å². The monoisotopic (exact) mass is 494 g/mol. The number of nitrogens with one attached hydrogen (secondary N) is 2. The summed E-state index contributed by atoms with van der Waals surface area (Å²) in [6, 6.07) is 3.91. The van der Waals surface area contributed by atoms with Crippen LogP contribution in [0.25, 0.3) is 0 Å². The first kappa shape index (κ1) is 30.4. The Kier molecular flexibility index (Phi) is 17.5. The van der Waals surface area contributed by atoms with Gasteiger partial charge in [-0.15, -0.1) is 12.4 Å². The van der Waals surface area contributed by atoms with Gasteiger partial charge >= 0.3 is 0 Å². The van der Waals surface area contributed by atoms with E-state index in [-0.39, 0.29) is 30.3 Å². The molecule has 1 atom stereocenters. The van der Waals surface area contributed by atoms with Crippen LogP contribution in [0.1, 0.15) is 102 Å². The molecule has 1 aliphatic heterocycles. The Morgan fingerprint density at radius 2 is 1.65 bits per heavy atom. The second-order valence-corrected chi connectivity index (χ2v) is 9.42. The standard InChI is InChI=1S/C27H46N4O2.ClH/c1-2-3-4-5-6-7-8-9-10-11-19-29-26(32)17-13-20-30-27(33)25-16-14-21-31(25)23-24-15-12-18-28-22-24;/h12,15,18,22,25H,2-11,13-14,16-17,19-21,23H2,1H3,(H,29,32)(H,30,33);1H. The van der Waals surface area contributed by atoms with Gasteiger partial charge in [-0.3, -0.25) is 19.5 Å². The highest BCUT2D eigenvalue weighted by Crippen LogP contribution is 2.20. The Labute approximate surface area is 213 Å². The van der Waals surface area contributed by atoms with Gasteiger partial charge < -0.3 is 10.6 Å². The number of carbonyl (C=O) groups excluding carboxylic acids is 2. The molecule has 2 heterocycles. The highest BCUT2D eigenvalue weighted by molar-refractivity contribution is 5.85. The lowest BCUT2D eigenvalue weighted by atomic mass is 10.1. The van der Waals surface area contributed by atoms with E-state index in [0.29, 0.717) is 19.4 Å². The Morgan fingerprint density at radius 1 is 0.971 bits per heavy atom. The summed E-state index contributed by atoms with van der Waals surface area (Å²) in [6.45, 7) is 5.28. The molecule has 2 rings (SSSR count). The van der Waals surface area contributed by atoms with Crippen molar-refractivity contribution in [1.29, 1.82) is 0 Å². The molecule has 0 spiro atoms. The van der Waals surface area contributed by atoms with Crippen LogP contribution in [0.2, 0.25) is 0 Å². The van der Waals surface area contributed by atoms with Crippen molar-refractivity contribution >= 4 is 24.2 Å². The zero-order chi connectivity index (χ0) is 23.6. The average Bonchev–Trinajstić information content (AvgIpc) is 3.29. The molecular weight excluding hydrogens is 448 g/mol. The van der Waals surface area contributed by atoms with Crippen molar-refractivity contribution in [2.75, 3.05) is 19.6 Å².